The molecular formula is C34H30N2. The van der Waals surface area contributed by atoms with Crippen molar-refractivity contribution in [1.82, 2.24) is 9.13 Å². The number of hydrogen-bond acceptors (Lipinski definition) is 0. The summed E-state index contributed by atoms with van der Waals surface area (Å²) < 4.78 is 4.58. The molecule has 0 amide bonds. The Kier molecular flexibility index (Phi) is 6.42. The number of fused-ring (bicyclic) bond motifs is 2. The van der Waals surface area contributed by atoms with E-state index in [9.17, 15) is 0 Å². The highest BCUT2D eigenvalue weighted by atomic mass is 15.0. The lowest BCUT2D eigenvalue weighted by atomic mass is 10.1. The second-order valence-corrected chi connectivity index (χ2v) is 8.62. The molecule has 0 saturated heterocycles. The molecule has 0 atom stereocenters. The summed E-state index contributed by atoms with van der Waals surface area (Å²) in [7, 11) is 0. The van der Waals surface area contributed by atoms with Crippen LogP contribution in [0.5, 0.6) is 0 Å². The molecule has 0 saturated carbocycles. The lowest BCUT2D eigenvalue weighted by molar-refractivity contribution is 1.10. The first-order chi connectivity index (χ1) is 17.7. The summed E-state index contributed by atoms with van der Waals surface area (Å²) in [5, 5.41) is 2.39. The van der Waals surface area contributed by atoms with Crippen molar-refractivity contribution in [1.29, 1.82) is 0 Å². The molecule has 5 aromatic rings. The van der Waals surface area contributed by atoms with Gasteiger partial charge in [-0.05, 0) is 62.4 Å². The molecule has 0 fully saturated rings. The van der Waals surface area contributed by atoms with Gasteiger partial charge < -0.3 is 9.13 Å². The van der Waals surface area contributed by atoms with Crippen molar-refractivity contribution < 1.29 is 0 Å². The normalized spacial score (nSPS) is 12.3. The van der Waals surface area contributed by atoms with Gasteiger partial charge in [0.1, 0.15) is 0 Å². The number of hydrogen-bond donors (Lipinski definition) is 0. The molecule has 176 valence electrons. The molecular weight excluding hydrogens is 436 g/mol. The Morgan fingerprint density at radius 3 is 1.92 bits per heavy atom. The molecule has 0 aliphatic heterocycles. The van der Waals surface area contributed by atoms with E-state index in [2.05, 4.69) is 139 Å². The number of para-hydroxylation sites is 3. The van der Waals surface area contributed by atoms with E-state index in [1.807, 2.05) is 18.2 Å². The summed E-state index contributed by atoms with van der Waals surface area (Å²) in [5.74, 6) is 0. The van der Waals surface area contributed by atoms with Gasteiger partial charge in [0.25, 0.3) is 0 Å². The van der Waals surface area contributed by atoms with Crippen LogP contribution < -0.4 is 0 Å². The Labute approximate surface area is 213 Å². The molecule has 36 heavy (non-hydrogen) atoms. The van der Waals surface area contributed by atoms with Crippen LogP contribution >= 0.6 is 0 Å². The average molecular weight is 467 g/mol. The van der Waals surface area contributed by atoms with Gasteiger partial charge in [0.2, 0.25) is 0 Å². The van der Waals surface area contributed by atoms with Crippen molar-refractivity contribution in [3.8, 4) is 5.69 Å². The molecule has 0 bridgehead atoms. The second-order valence-electron chi connectivity index (χ2n) is 8.62. The SMILES string of the molecule is C=C/C(=C\c1c(C=C)n(-c2ccccc2)c2ccccc12)n1c(/C=C\C)c(/C=C\C)c2ccccc21. The van der Waals surface area contributed by atoms with Crippen LogP contribution in [-0.2, 0) is 0 Å². The predicted molar refractivity (Wildman–Crippen MR) is 159 cm³/mol. The van der Waals surface area contributed by atoms with E-state index < -0.39 is 0 Å². The quantitative estimate of drug-likeness (QED) is 0.211. The standard InChI is InChI=1S/C34H30N2/c1-5-16-27-28-20-12-14-22-33(28)35(32(27)17-6-2)25(7-3)24-30-29-21-13-15-23-34(29)36(31(30)8-4)26-18-10-9-11-19-26/h5-24H,3-4H2,1-2H3/b16-5-,17-6-,25-24+. The highest BCUT2D eigenvalue weighted by Gasteiger charge is 2.18. The molecule has 2 aromatic heterocycles. The van der Waals surface area contributed by atoms with Crippen LogP contribution in [0.3, 0.4) is 0 Å². The van der Waals surface area contributed by atoms with Gasteiger partial charge in [0.05, 0.1) is 22.4 Å². The maximum absolute atomic E-state index is 4.23. The Balaban J connectivity index is 1.87. The minimum Gasteiger partial charge on any atom is -0.309 e. The molecule has 0 unspecified atom stereocenters. The Morgan fingerprint density at radius 1 is 0.667 bits per heavy atom. The molecule has 5 rings (SSSR count). The Bertz CT molecular complexity index is 1670. The van der Waals surface area contributed by atoms with E-state index in [1.54, 1.807) is 0 Å². The zero-order chi connectivity index (χ0) is 25.1. The van der Waals surface area contributed by atoms with Gasteiger partial charge in [0, 0.05) is 33.3 Å². The number of nitrogens with zero attached hydrogens (tertiary/aromatic N) is 2. The summed E-state index contributed by atoms with van der Waals surface area (Å²) in [6.07, 6.45) is 14.7. The third-order valence-electron chi connectivity index (χ3n) is 6.53. The molecule has 2 heterocycles. The fourth-order valence-electron chi connectivity index (χ4n) is 5.08. The summed E-state index contributed by atoms with van der Waals surface area (Å²) in [5.41, 5.74) is 8.93. The lowest BCUT2D eigenvalue weighted by Crippen LogP contribution is -1.99. The minimum absolute atomic E-state index is 1.01. The molecule has 3 aromatic carbocycles. The van der Waals surface area contributed by atoms with Gasteiger partial charge in [-0.3, -0.25) is 0 Å². The second kappa shape index (κ2) is 9.97. The number of aromatic nitrogens is 2. The molecule has 0 radical (unpaired) electrons. The molecule has 0 N–H and O–H groups in total. The van der Waals surface area contributed by atoms with Crippen molar-refractivity contribution in [2.45, 2.75) is 13.8 Å². The smallest absolute Gasteiger partial charge is 0.0541 e. The highest BCUT2D eigenvalue weighted by Crippen LogP contribution is 2.36. The number of benzene rings is 3. The Hall–Kier alpha value is -4.56. The van der Waals surface area contributed by atoms with E-state index in [4.69, 9.17) is 0 Å². The summed E-state index contributed by atoms with van der Waals surface area (Å²) in [4.78, 5) is 0. The molecule has 2 heteroatoms. The van der Waals surface area contributed by atoms with Gasteiger partial charge in [0.15, 0.2) is 0 Å². The topological polar surface area (TPSA) is 9.86 Å². The van der Waals surface area contributed by atoms with E-state index in [1.165, 1.54) is 16.3 Å². The van der Waals surface area contributed by atoms with Crippen molar-refractivity contribution in [2.24, 2.45) is 0 Å². The summed E-state index contributed by atoms with van der Waals surface area (Å²) >= 11 is 0. The maximum Gasteiger partial charge on any atom is 0.0541 e. The first kappa shape index (κ1) is 23.2. The van der Waals surface area contributed by atoms with Crippen molar-refractivity contribution in [2.75, 3.05) is 0 Å². The van der Waals surface area contributed by atoms with Crippen LogP contribution in [0.4, 0.5) is 0 Å². The van der Waals surface area contributed by atoms with Crippen LogP contribution in [0.1, 0.15) is 36.4 Å². The van der Waals surface area contributed by atoms with Crippen LogP contribution in [0.15, 0.2) is 110 Å². The monoisotopic (exact) mass is 466 g/mol. The van der Waals surface area contributed by atoms with Gasteiger partial charge in [-0.15, -0.1) is 0 Å². The molecule has 0 aliphatic carbocycles. The van der Waals surface area contributed by atoms with Gasteiger partial charge in [-0.25, -0.2) is 0 Å². The third kappa shape index (κ3) is 3.77. The zero-order valence-electron chi connectivity index (χ0n) is 20.9. The summed E-state index contributed by atoms with van der Waals surface area (Å²) in [6.45, 7) is 12.6. The summed E-state index contributed by atoms with van der Waals surface area (Å²) in [6, 6.07) is 27.5. The van der Waals surface area contributed by atoms with Gasteiger partial charge in [-0.1, -0.05) is 86.0 Å². The van der Waals surface area contributed by atoms with E-state index in [0.717, 1.165) is 39.4 Å². The van der Waals surface area contributed by atoms with E-state index >= 15 is 0 Å². The number of allylic oxidation sites excluding steroid dienone is 4. The van der Waals surface area contributed by atoms with Gasteiger partial charge >= 0.3 is 0 Å². The van der Waals surface area contributed by atoms with E-state index in [0.29, 0.717) is 0 Å². The largest absolute Gasteiger partial charge is 0.309 e. The van der Waals surface area contributed by atoms with Crippen LogP contribution in [0.2, 0.25) is 0 Å². The van der Waals surface area contributed by atoms with Crippen molar-refractivity contribution in [3.63, 3.8) is 0 Å². The van der Waals surface area contributed by atoms with E-state index in [-0.39, 0.29) is 0 Å². The number of rotatable bonds is 7. The molecule has 0 aliphatic rings. The van der Waals surface area contributed by atoms with Crippen LogP contribution in [0.25, 0.3) is 57.5 Å². The maximum atomic E-state index is 4.23. The average Bonchev–Trinajstić information content (AvgIpc) is 3.40. The zero-order valence-corrected chi connectivity index (χ0v) is 20.9. The third-order valence-corrected chi connectivity index (χ3v) is 6.53. The lowest BCUT2D eigenvalue weighted by Gasteiger charge is -2.12. The Morgan fingerprint density at radius 2 is 1.28 bits per heavy atom. The van der Waals surface area contributed by atoms with Crippen molar-refractivity contribution >= 4 is 51.8 Å². The fraction of sp³-hybridized carbons (Fsp3) is 0.0588. The predicted octanol–water partition coefficient (Wildman–Crippen LogP) is 9.48. The first-order valence-corrected chi connectivity index (χ1v) is 12.3. The van der Waals surface area contributed by atoms with Crippen LogP contribution in [0, 0.1) is 0 Å². The molecule has 0 spiro atoms. The van der Waals surface area contributed by atoms with Crippen molar-refractivity contribution in [3.05, 3.63) is 133 Å². The fourth-order valence-corrected chi connectivity index (χ4v) is 5.08. The highest BCUT2D eigenvalue weighted by molar-refractivity contribution is 6.02. The van der Waals surface area contributed by atoms with Gasteiger partial charge in [-0.2, -0.15) is 0 Å². The first-order valence-electron chi connectivity index (χ1n) is 12.3. The van der Waals surface area contributed by atoms with Crippen LogP contribution in [-0.4, -0.2) is 9.13 Å². The minimum atomic E-state index is 1.01. The molecule has 2 nitrogen and oxygen atoms in total.